The molecule has 1 unspecified atom stereocenters. The van der Waals surface area contributed by atoms with Crippen LogP contribution in [0.1, 0.15) is 37.8 Å². The van der Waals surface area contributed by atoms with Crippen molar-refractivity contribution in [2.45, 2.75) is 32.2 Å². The van der Waals surface area contributed by atoms with Gasteiger partial charge in [-0.25, -0.2) is 0 Å². The lowest BCUT2D eigenvalue weighted by atomic mass is 10.0. The number of hydrogen-bond acceptors (Lipinski definition) is 2. The van der Waals surface area contributed by atoms with Crippen LogP contribution in [0.25, 0.3) is 0 Å². The molecule has 3 nitrogen and oxygen atoms in total. The van der Waals surface area contributed by atoms with Gasteiger partial charge in [-0.1, -0.05) is 30.3 Å². The van der Waals surface area contributed by atoms with Gasteiger partial charge in [-0.2, -0.15) is 0 Å². The Bertz CT molecular complexity index is 377. The predicted octanol–water partition coefficient (Wildman–Crippen LogP) is 2.68. The van der Waals surface area contributed by atoms with E-state index in [1.807, 2.05) is 37.3 Å². The Morgan fingerprint density at radius 3 is 2.79 bits per heavy atom. The zero-order chi connectivity index (χ0) is 12.8. The average Bonchev–Trinajstić information content (AvgIpc) is 2.90. The van der Waals surface area contributed by atoms with Gasteiger partial charge in [0.2, 0.25) is 5.91 Å². The molecule has 0 saturated carbocycles. The third-order valence-corrected chi connectivity index (χ3v) is 3.62. The Balaban J connectivity index is 0.00000180. The molecule has 1 aromatic carbocycles. The van der Waals surface area contributed by atoms with Gasteiger partial charge in [0.25, 0.3) is 0 Å². The second-order valence-electron chi connectivity index (χ2n) is 5.10. The maximum atomic E-state index is 11.9. The van der Waals surface area contributed by atoms with E-state index in [4.69, 9.17) is 0 Å². The monoisotopic (exact) mass is 282 g/mol. The van der Waals surface area contributed by atoms with Gasteiger partial charge in [0.15, 0.2) is 0 Å². The summed E-state index contributed by atoms with van der Waals surface area (Å²) in [6.07, 6.45) is 2.85. The van der Waals surface area contributed by atoms with Crippen molar-refractivity contribution in [3.63, 3.8) is 0 Å². The minimum atomic E-state index is 0. The zero-order valence-electron chi connectivity index (χ0n) is 11.4. The third-order valence-electron chi connectivity index (χ3n) is 3.62. The predicted molar refractivity (Wildman–Crippen MR) is 80.5 cm³/mol. The van der Waals surface area contributed by atoms with Crippen LogP contribution in [0.3, 0.4) is 0 Å². The Hall–Kier alpha value is -1.06. The molecule has 0 aromatic heterocycles. The van der Waals surface area contributed by atoms with Gasteiger partial charge in [0.05, 0.1) is 6.04 Å². The van der Waals surface area contributed by atoms with E-state index in [1.54, 1.807) is 0 Å². The lowest BCUT2D eigenvalue weighted by Gasteiger charge is -2.15. The summed E-state index contributed by atoms with van der Waals surface area (Å²) in [5.74, 6) is 0.848. The molecule has 0 aliphatic carbocycles. The van der Waals surface area contributed by atoms with E-state index in [9.17, 15) is 4.79 Å². The Kier molecular flexibility index (Phi) is 6.89. The molecule has 1 fully saturated rings. The van der Waals surface area contributed by atoms with Gasteiger partial charge in [0.1, 0.15) is 0 Å². The van der Waals surface area contributed by atoms with E-state index in [0.29, 0.717) is 12.3 Å². The Morgan fingerprint density at radius 2 is 2.16 bits per heavy atom. The summed E-state index contributed by atoms with van der Waals surface area (Å²) in [4.78, 5) is 11.9. The topological polar surface area (TPSA) is 41.1 Å². The first-order valence-electron chi connectivity index (χ1n) is 6.80. The number of benzene rings is 1. The molecular weight excluding hydrogens is 260 g/mol. The highest BCUT2D eigenvalue weighted by Gasteiger charge is 2.16. The van der Waals surface area contributed by atoms with Gasteiger partial charge in [-0.3, -0.25) is 4.79 Å². The Labute approximate surface area is 121 Å². The van der Waals surface area contributed by atoms with Gasteiger partial charge >= 0.3 is 0 Å². The van der Waals surface area contributed by atoms with E-state index in [2.05, 4.69) is 10.6 Å². The molecule has 4 heteroatoms. The van der Waals surface area contributed by atoms with Crippen LogP contribution in [0, 0.1) is 5.92 Å². The molecule has 1 aliphatic rings. The first kappa shape index (κ1) is 16.0. The lowest BCUT2D eigenvalue weighted by Crippen LogP contribution is -2.27. The van der Waals surface area contributed by atoms with Crippen molar-refractivity contribution in [2.24, 2.45) is 5.92 Å². The number of hydrogen-bond donors (Lipinski definition) is 2. The van der Waals surface area contributed by atoms with Crippen molar-refractivity contribution in [2.75, 3.05) is 13.1 Å². The summed E-state index contributed by atoms with van der Waals surface area (Å²) in [6, 6.07) is 10.2. The maximum absolute atomic E-state index is 11.9. The minimum Gasteiger partial charge on any atom is -0.350 e. The summed E-state index contributed by atoms with van der Waals surface area (Å²) >= 11 is 0. The molecule has 2 rings (SSSR count). The molecular formula is C15H23ClN2O. The molecule has 0 bridgehead atoms. The van der Waals surface area contributed by atoms with Crippen LogP contribution >= 0.6 is 12.4 Å². The molecule has 1 heterocycles. The largest absolute Gasteiger partial charge is 0.350 e. The third kappa shape index (κ3) is 5.21. The van der Waals surface area contributed by atoms with Crippen LogP contribution in [-0.4, -0.2) is 19.0 Å². The minimum absolute atomic E-state index is 0. The summed E-state index contributed by atoms with van der Waals surface area (Å²) in [5.41, 5.74) is 1.16. The number of nitrogens with one attached hydrogen (secondary N) is 2. The zero-order valence-corrected chi connectivity index (χ0v) is 12.2. The van der Waals surface area contributed by atoms with Crippen LogP contribution in [0.2, 0.25) is 0 Å². The van der Waals surface area contributed by atoms with Crippen LogP contribution in [0.15, 0.2) is 30.3 Å². The SMILES string of the molecule is C[C@@H](NC(=O)CCC1CCNC1)c1ccccc1.Cl. The molecule has 106 valence electrons. The summed E-state index contributed by atoms with van der Waals surface area (Å²) < 4.78 is 0. The normalized spacial score (nSPS) is 19.5. The molecule has 19 heavy (non-hydrogen) atoms. The summed E-state index contributed by atoms with van der Waals surface area (Å²) in [6.45, 7) is 4.21. The van der Waals surface area contributed by atoms with E-state index in [0.717, 1.165) is 25.1 Å². The summed E-state index contributed by atoms with van der Waals surface area (Å²) in [7, 11) is 0. The highest BCUT2D eigenvalue weighted by molar-refractivity contribution is 5.85. The van der Waals surface area contributed by atoms with Gasteiger partial charge in [0, 0.05) is 6.42 Å². The smallest absolute Gasteiger partial charge is 0.220 e. The molecule has 2 atom stereocenters. The average molecular weight is 283 g/mol. The van der Waals surface area contributed by atoms with E-state index >= 15 is 0 Å². The van der Waals surface area contributed by atoms with Crippen LogP contribution in [-0.2, 0) is 4.79 Å². The fourth-order valence-corrected chi connectivity index (χ4v) is 2.43. The van der Waals surface area contributed by atoms with Gasteiger partial charge in [-0.15, -0.1) is 12.4 Å². The van der Waals surface area contributed by atoms with E-state index in [-0.39, 0.29) is 24.4 Å². The van der Waals surface area contributed by atoms with E-state index in [1.165, 1.54) is 6.42 Å². The molecule has 1 amide bonds. The molecule has 2 N–H and O–H groups in total. The fraction of sp³-hybridized carbons (Fsp3) is 0.533. The molecule has 0 radical (unpaired) electrons. The number of halogens is 1. The summed E-state index contributed by atoms with van der Waals surface area (Å²) in [5, 5.41) is 6.39. The molecule has 0 spiro atoms. The van der Waals surface area contributed by atoms with Crippen molar-refractivity contribution < 1.29 is 4.79 Å². The van der Waals surface area contributed by atoms with Crippen LogP contribution in [0.4, 0.5) is 0 Å². The second-order valence-corrected chi connectivity index (χ2v) is 5.10. The Morgan fingerprint density at radius 1 is 1.42 bits per heavy atom. The van der Waals surface area contributed by atoms with Crippen molar-refractivity contribution in [1.29, 1.82) is 0 Å². The highest BCUT2D eigenvalue weighted by atomic mass is 35.5. The first-order valence-corrected chi connectivity index (χ1v) is 6.80. The lowest BCUT2D eigenvalue weighted by molar-refractivity contribution is -0.122. The van der Waals surface area contributed by atoms with Crippen molar-refractivity contribution in [3.8, 4) is 0 Å². The first-order chi connectivity index (χ1) is 8.75. The number of amides is 1. The highest BCUT2D eigenvalue weighted by Crippen LogP contribution is 2.15. The van der Waals surface area contributed by atoms with Gasteiger partial charge < -0.3 is 10.6 Å². The van der Waals surface area contributed by atoms with Crippen molar-refractivity contribution >= 4 is 18.3 Å². The fourth-order valence-electron chi connectivity index (χ4n) is 2.43. The number of rotatable bonds is 5. The quantitative estimate of drug-likeness (QED) is 0.872. The molecule has 1 aromatic rings. The van der Waals surface area contributed by atoms with Crippen molar-refractivity contribution in [3.05, 3.63) is 35.9 Å². The number of carbonyl (C=O) groups is 1. The number of carbonyl (C=O) groups excluding carboxylic acids is 1. The molecule has 1 saturated heterocycles. The molecule has 1 aliphatic heterocycles. The van der Waals surface area contributed by atoms with Crippen LogP contribution < -0.4 is 10.6 Å². The van der Waals surface area contributed by atoms with E-state index < -0.39 is 0 Å². The maximum Gasteiger partial charge on any atom is 0.220 e. The van der Waals surface area contributed by atoms with Gasteiger partial charge in [-0.05, 0) is 44.3 Å². The van der Waals surface area contributed by atoms with Crippen LogP contribution in [0.5, 0.6) is 0 Å². The van der Waals surface area contributed by atoms with Crippen molar-refractivity contribution in [1.82, 2.24) is 10.6 Å². The second kappa shape index (κ2) is 8.18. The standard InChI is InChI=1S/C15H22N2O.ClH/c1-12(14-5-3-2-4-6-14)17-15(18)8-7-13-9-10-16-11-13;/h2-6,12-13,16H,7-11H2,1H3,(H,17,18);1H/t12-,13?;/m1./s1.